The molecule has 1 atom stereocenters. The van der Waals surface area contributed by atoms with Gasteiger partial charge in [-0.25, -0.2) is 0 Å². The van der Waals surface area contributed by atoms with Crippen LogP contribution in [-0.4, -0.2) is 4.75 Å². The Kier molecular flexibility index (Phi) is 4.46. The highest BCUT2D eigenvalue weighted by Gasteiger charge is 2.26. The summed E-state index contributed by atoms with van der Waals surface area (Å²) in [4.78, 5) is 1.34. The number of hydrogen-bond acceptors (Lipinski definition) is 1. The van der Waals surface area contributed by atoms with Gasteiger partial charge in [-0.2, -0.15) is 0 Å². The maximum atomic E-state index is 2.30. The van der Waals surface area contributed by atoms with Crippen LogP contribution in [0.25, 0.3) is 0 Å². The van der Waals surface area contributed by atoms with Crippen molar-refractivity contribution in [2.24, 2.45) is 5.92 Å². The van der Waals surface area contributed by atoms with Crippen molar-refractivity contribution in [3.05, 3.63) is 42.5 Å². The third-order valence-corrected chi connectivity index (χ3v) is 4.28. The fourth-order valence-electron chi connectivity index (χ4n) is 1.42. The average molecular weight is 220 g/mol. The van der Waals surface area contributed by atoms with E-state index >= 15 is 0 Å². The molecule has 0 amide bonds. The van der Waals surface area contributed by atoms with E-state index in [1.807, 2.05) is 11.8 Å². The molecule has 1 aromatic carbocycles. The number of hydrogen-bond donors (Lipinski definition) is 0. The molecule has 0 bridgehead atoms. The minimum atomic E-state index is 0.191. The smallest absolute Gasteiger partial charge is 0.0380 e. The molecule has 0 aliphatic heterocycles. The Morgan fingerprint density at radius 2 is 1.80 bits per heavy atom. The summed E-state index contributed by atoms with van der Waals surface area (Å²) in [5.74, 6) is 0.624. The van der Waals surface area contributed by atoms with Crippen molar-refractivity contribution in [2.45, 2.75) is 37.3 Å². The van der Waals surface area contributed by atoms with Gasteiger partial charge in [0, 0.05) is 9.64 Å². The van der Waals surface area contributed by atoms with Gasteiger partial charge in [-0.3, -0.25) is 0 Å². The van der Waals surface area contributed by atoms with E-state index in [0.29, 0.717) is 5.92 Å². The Balaban J connectivity index is 2.85. The number of thioether (sulfide) groups is 1. The third-order valence-electron chi connectivity index (χ3n) is 2.72. The quantitative estimate of drug-likeness (QED) is 0.520. The number of allylic oxidation sites excluding steroid dienone is 1. The molecule has 0 aromatic heterocycles. The molecule has 1 aromatic rings. The van der Waals surface area contributed by atoms with Crippen LogP contribution < -0.4 is 0 Å². The van der Waals surface area contributed by atoms with Gasteiger partial charge in [-0.05, 0) is 31.9 Å². The Bertz CT molecular complexity index is 313. The summed E-state index contributed by atoms with van der Waals surface area (Å²) in [7, 11) is 0. The average Bonchev–Trinajstić information content (AvgIpc) is 2.19. The topological polar surface area (TPSA) is 0 Å². The van der Waals surface area contributed by atoms with Crippen LogP contribution in [-0.2, 0) is 0 Å². The van der Waals surface area contributed by atoms with Crippen molar-refractivity contribution in [3.63, 3.8) is 0 Å². The SMILES string of the molecule is CC=CC(C)(Sc1ccccc1)C(C)C. The lowest BCUT2D eigenvalue weighted by molar-refractivity contribution is 0.547. The van der Waals surface area contributed by atoms with Gasteiger partial charge < -0.3 is 0 Å². The standard InChI is InChI=1S/C14H20S/c1-5-11-14(4,12(2)3)15-13-9-7-6-8-10-13/h5-12H,1-4H3. The van der Waals surface area contributed by atoms with Gasteiger partial charge >= 0.3 is 0 Å². The molecule has 0 N–H and O–H groups in total. The highest BCUT2D eigenvalue weighted by molar-refractivity contribution is 8.00. The largest absolute Gasteiger partial charge is 0.115 e. The highest BCUT2D eigenvalue weighted by atomic mass is 32.2. The fraction of sp³-hybridized carbons (Fsp3) is 0.429. The fourth-order valence-corrected chi connectivity index (χ4v) is 2.66. The molecule has 0 fully saturated rings. The van der Waals surface area contributed by atoms with Gasteiger partial charge in [0.1, 0.15) is 0 Å². The van der Waals surface area contributed by atoms with Crippen molar-refractivity contribution in [2.75, 3.05) is 0 Å². The van der Waals surface area contributed by atoms with E-state index in [0.717, 1.165) is 0 Å². The summed E-state index contributed by atoms with van der Waals surface area (Å²) in [6, 6.07) is 10.6. The van der Waals surface area contributed by atoms with Crippen molar-refractivity contribution in [1.29, 1.82) is 0 Å². The first kappa shape index (κ1) is 12.4. The first-order valence-corrected chi connectivity index (χ1v) is 6.28. The first-order chi connectivity index (χ1) is 7.08. The van der Waals surface area contributed by atoms with E-state index in [-0.39, 0.29) is 4.75 Å². The summed E-state index contributed by atoms with van der Waals surface area (Å²) < 4.78 is 0.191. The van der Waals surface area contributed by atoms with E-state index in [1.54, 1.807) is 0 Å². The molecule has 0 saturated carbocycles. The summed E-state index contributed by atoms with van der Waals surface area (Å²) in [6.45, 7) is 8.94. The second-order valence-electron chi connectivity index (χ2n) is 4.25. The van der Waals surface area contributed by atoms with Crippen molar-refractivity contribution < 1.29 is 0 Å². The second-order valence-corrected chi connectivity index (χ2v) is 5.81. The van der Waals surface area contributed by atoms with E-state index in [2.05, 4.69) is 70.2 Å². The molecule has 15 heavy (non-hydrogen) atoms. The number of benzene rings is 1. The van der Waals surface area contributed by atoms with Crippen molar-refractivity contribution in [1.82, 2.24) is 0 Å². The molecule has 1 rings (SSSR count). The zero-order valence-electron chi connectivity index (χ0n) is 10.0. The molecule has 82 valence electrons. The van der Waals surface area contributed by atoms with Crippen LogP contribution in [0.3, 0.4) is 0 Å². The molecule has 0 nitrogen and oxygen atoms in total. The van der Waals surface area contributed by atoms with Crippen LogP contribution in [0, 0.1) is 5.92 Å². The Hall–Kier alpha value is -0.690. The van der Waals surface area contributed by atoms with Gasteiger partial charge in [-0.1, -0.05) is 44.2 Å². The predicted octanol–water partition coefficient (Wildman–Crippen LogP) is 4.77. The van der Waals surface area contributed by atoms with Crippen molar-refractivity contribution in [3.8, 4) is 0 Å². The molecule has 0 saturated heterocycles. The molecule has 0 spiro atoms. The van der Waals surface area contributed by atoms with Gasteiger partial charge in [0.15, 0.2) is 0 Å². The monoisotopic (exact) mass is 220 g/mol. The molecule has 1 heteroatoms. The zero-order chi connectivity index (χ0) is 11.3. The summed E-state index contributed by atoms with van der Waals surface area (Å²) in [5.41, 5.74) is 0. The normalized spacial score (nSPS) is 15.8. The van der Waals surface area contributed by atoms with Crippen LogP contribution in [0.15, 0.2) is 47.4 Å². The van der Waals surface area contributed by atoms with Crippen LogP contribution in [0.2, 0.25) is 0 Å². The van der Waals surface area contributed by atoms with Crippen LogP contribution in [0.4, 0.5) is 0 Å². The summed E-state index contributed by atoms with van der Waals surface area (Å²) >= 11 is 1.94. The maximum Gasteiger partial charge on any atom is 0.0380 e. The van der Waals surface area contributed by atoms with Gasteiger partial charge in [0.25, 0.3) is 0 Å². The van der Waals surface area contributed by atoms with Crippen LogP contribution in [0.5, 0.6) is 0 Å². The Labute approximate surface area is 97.8 Å². The van der Waals surface area contributed by atoms with Gasteiger partial charge in [0.2, 0.25) is 0 Å². The molecule has 1 unspecified atom stereocenters. The molecule has 0 heterocycles. The maximum absolute atomic E-state index is 2.30. The zero-order valence-corrected chi connectivity index (χ0v) is 10.8. The molecule has 0 aliphatic carbocycles. The van der Waals surface area contributed by atoms with Crippen molar-refractivity contribution >= 4 is 11.8 Å². The van der Waals surface area contributed by atoms with Crippen LogP contribution in [0.1, 0.15) is 27.7 Å². The number of rotatable bonds is 4. The van der Waals surface area contributed by atoms with Crippen LogP contribution >= 0.6 is 11.8 Å². The summed E-state index contributed by atoms with van der Waals surface area (Å²) in [5, 5.41) is 0. The molecule has 0 aliphatic rings. The second kappa shape index (κ2) is 5.41. The minimum Gasteiger partial charge on any atom is -0.115 e. The minimum absolute atomic E-state index is 0.191. The highest BCUT2D eigenvalue weighted by Crippen LogP contribution is 2.39. The van der Waals surface area contributed by atoms with E-state index < -0.39 is 0 Å². The molecular formula is C14H20S. The van der Waals surface area contributed by atoms with Gasteiger partial charge in [-0.15, -0.1) is 11.8 Å². The third kappa shape index (κ3) is 3.42. The van der Waals surface area contributed by atoms with E-state index in [4.69, 9.17) is 0 Å². The van der Waals surface area contributed by atoms with E-state index in [1.165, 1.54) is 4.90 Å². The Morgan fingerprint density at radius 3 is 2.27 bits per heavy atom. The first-order valence-electron chi connectivity index (χ1n) is 5.46. The lowest BCUT2D eigenvalue weighted by atomic mass is 9.96. The predicted molar refractivity (Wildman–Crippen MR) is 70.4 cm³/mol. The lowest BCUT2D eigenvalue weighted by Gasteiger charge is -2.29. The lowest BCUT2D eigenvalue weighted by Crippen LogP contribution is -2.24. The van der Waals surface area contributed by atoms with Gasteiger partial charge in [0.05, 0.1) is 0 Å². The molecular weight excluding hydrogens is 200 g/mol. The summed E-state index contributed by atoms with van der Waals surface area (Å²) in [6.07, 6.45) is 4.45. The molecule has 0 radical (unpaired) electrons. The van der Waals surface area contributed by atoms with E-state index in [9.17, 15) is 0 Å². The Morgan fingerprint density at radius 1 is 1.20 bits per heavy atom.